The highest BCUT2D eigenvalue weighted by Crippen LogP contribution is 2.10. The molecule has 0 N–H and O–H groups in total. The second kappa shape index (κ2) is 7.37. The van der Waals surface area contributed by atoms with Crippen molar-refractivity contribution in [2.75, 3.05) is 0 Å². The smallest absolute Gasteiger partial charge is 0.0236 e. The Bertz CT molecular complexity index is 262. The van der Waals surface area contributed by atoms with Gasteiger partial charge in [0.25, 0.3) is 0 Å². The third-order valence-electron chi connectivity index (χ3n) is 2.13. The van der Waals surface area contributed by atoms with Crippen LogP contribution in [-0.2, 0) is 0 Å². The zero-order valence-corrected chi connectivity index (χ0v) is 9.93. The maximum Gasteiger partial charge on any atom is -0.0236 e. The molecule has 0 saturated heterocycles. The van der Waals surface area contributed by atoms with Gasteiger partial charge in [-0.3, -0.25) is 0 Å². The van der Waals surface area contributed by atoms with E-state index in [1.807, 2.05) is 6.92 Å². The van der Waals surface area contributed by atoms with Crippen LogP contribution in [0.5, 0.6) is 0 Å². The van der Waals surface area contributed by atoms with Gasteiger partial charge < -0.3 is 0 Å². The maximum absolute atomic E-state index is 3.96. The summed E-state index contributed by atoms with van der Waals surface area (Å²) in [4.78, 5) is 0. The fourth-order valence-electron chi connectivity index (χ4n) is 0.935. The Morgan fingerprint density at radius 3 is 2.21 bits per heavy atom. The van der Waals surface area contributed by atoms with Crippen molar-refractivity contribution in [2.24, 2.45) is 0 Å². The van der Waals surface area contributed by atoms with E-state index in [1.54, 1.807) is 0 Å². The molecule has 0 nitrogen and oxygen atoms in total. The number of hydrogen-bond acceptors (Lipinski definition) is 0. The SMILES string of the molecule is C=C(C)C(/C=C\CC)=C\C=C(\C)CC. The first kappa shape index (κ1) is 13.0. The van der Waals surface area contributed by atoms with Crippen LogP contribution in [-0.4, -0.2) is 0 Å². The Morgan fingerprint density at radius 1 is 1.14 bits per heavy atom. The predicted molar refractivity (Wildman–Crippen MR) is 66.4 cm³/mol. The van der Waals surface area contributed by atoms with Gasteiger partial charge in [0.05, 0.1) is 0 Å². The van der Waals surface area contributed by atoms with Gasteiger partial charge >= 0.3 is 0 Å². The van der Waals surface area contributed by atoms with E-state index in [2.05, 4.69) is 51.7 Å². The molecular weight excluding hydrogens is 168 g/mol. The third-order valence-corrected chi connectivity index (χ3v) is 2.13. The Balaban J connectivity index is 4.65. The Kier molecular flexibility index (Phi) is 6.82. The summed E-state index contributed by atoms with van der Waals surface area (Å²) < 4.78 is 0. The molecule has 0 spiro atoms. The van der Waals surface area contributed by atoms with E-state index in [0.717, 1.165) is 18.4 Å². The summed E-state index contributed by atoms with van der Waals surface area (Å²) in [5.41, 5.74) is 3.74. The molecule has 0 bridgehead atoms. The highest BCUT2D eigenvalue weighted by molar-refractivity contribution is 5.39. The molecule has 0 heteroatoms. The number of hydrogen-bond donors (Lipinski definition) is 0. The molecule has 0 fully saturated rings. The molecule has 0 rings (SSSR count). The number of rotatable bonds is 5. The Hall–Kier alpha value is -1.04. The lowest BCUT2D eigenvalue weighted by Gasteiger charge is -1.99. The first-order chi connectivity index (χ1) is 6.61. The first-order valence-electron chi connectivity index (χ1n) is 5.31. The van der Waals surface area contributed by atoms with Crippen LogP contribution in [0.3, 0.4) is 0 Å². The monoisotopic (exact) mass is 190 g/mol. The van der Waals surface area contributed by atoms with Crippen LogP contribution in [0.1, 0.15) is 40.5 Å². The van der Waals surface area contributed by atoms with Crippen molar-refractivity contribution in [3.05, 3.63) is 47.6 Å². The average Bonchev–Trinajstić information content (AvgIpc) is 2.16. The van der Waals surface area contributed by atoms with Crippen LogP contribution in [0.4, 0.5) is 0 Å². The zero-order valence-electron chi connectivity index (χ0n) is 9.93. The van der Waals surface area contributed by atoms with Gasteiger partial charge in [-0.1, -0.05) is 55.9 Å². The summed E-state index contributed by atoms with van der Waals surface area (Å²) in [6.07, 6.45) is 10.8. The van der Waals surface area contributed by atoms with Gasteiger partial charge in [0.1, 0.15) is 0 Å². The minimum absolute atomic E-state index is 1.07. The molecule has 0 aliphatic rings. The van der Waals surface area contributed by atoms with Gasteiger partial charge in [0.2, 0.25) is 0 Å². The highest BCUT2D eigenvalue weighted by atomic mass is 14.0. The van der Waals surface area contributed by atoms with E-state index in [1.165, 1.54) is 11.1 Å². The maximum atomic E-state index is 3.96. The van der Waals surface area contributed by atoms with Gasteiger partial charge in [0.15, 0.2) is 0 Å². The molecular formula is C14H22. The van der Waals surface area contributed by atoms with Gasteiger partial charge in [0, 0.05) is 0 Å². The van der Waals surface area contributed by atoms with Gasteiger partial charge in [-0.25, -0.2) is 0 Å². The van der Waals surface area contributed by atoms with Crippen molar-refractivity contribution in [3.8, 4) is 0 Å². The summed E-state index contributed by atoms with van der Waals surface area (Å²) in [5, 5.41) is 0. The second-order valence-corrected chi connectivity index (χ2v) is 3.58. The summed E-state index contributed by atoms with van der Waals surface area (Å²) in [6.45, 7) is 12.5. The molecule has 0 aromatic heterocycles. The van der Waals surface area contributed by atoms with Gasteiger partial charge in [-0.2, -0.15) is 0 Å². The van der Waals surface area contributed by atoms with Crippen molar-refractivity contribution in [1.29, 1.82) is 0 Å². The standard InChI is InChI=1S/C14H22/c1-6-8-9-14(12(3)4)11-10-13(5)7-2/h8-11H,3,6-7H2,1-2,4-5H3/b9-8-,13-10-,14-11-. The van der Waals surface area contributed by atoms with Crippen molar-refractivity contribution >= 4 is 0 Å². The molecule has 0 aromatic carbocycles. The molecule has 78 valence electrons. The molecule has 0 heterocycles. The molecule has 0 unspecified atom stereocenters. The molecule has 0 aliphatic heterocycles. The van der Waals surface area contributed by atoms with E-state index < -0.39 is 0 Å². The highest BCUT2D eigenvalue weighted by Gasteiger charge is 1.90. The van der Waals surface area contributed by atoms with E-state index in [0.29, 0.717) is 0 Å². The van der Waals surface area contributed by atoms with Crippen molar-refractivity contribution in [3.63, 3.8) is 0 Å². The minimum Gasteiger partial charge on any atom is -0.0955 e. The van der Waals surface area contributed by atoms with Crippen LogP contribution in [0.2, 0.25) is 0 Å². The lowest BCUT2D eigenvalue weighted by molar-refractivity contribution is 1.10. The molecule has 14 heavy (non-hydrogen) atoms. The largest absolute Gasteiger partial charge is 0.0955 e. The third kappa shape index (κ3) is 5.58. The summed E-state index contributed by atoms with van der Waals surface area (Å²) in [5.74, 6) is 0. The second-order valence-electron chi connectivity index (χ2n) is 3.58. The van der Waals surface area contributed by atoms with Gasteiger partial charge in [-0.15, -0.1) is 0 Å². The lowest BCUT2D eigenvalue weighted by Crippen LogP contribution is -1.79. The van der Waals surface area contributed by atoms with Crippen molar-refractivity contribution in [2.45, 2.75) is 40.5 Å². The van der Waals surface area contributed by atoms with E-state index in [9.17, 15) is 0 Å². The quantitative estimate of drug-likeness (QED) is 0.546. The first-order valence-corrected chi connectivity index (χ1v) is 5.31. The Labute approximate surface area is 88.7 Å². The van der Waals surface area contributed by atoms with Gasteiger partial charge in [-0.05, 0) is 32.3 Å². The fraction of sp³-hybridized carbons (Fsp3) is 0.429. The fourth-order valence-corrected chi connectivity index (χ4v) is 0.935. The minimum atomic E-state index is 1.07. The summed E-state index contributed by atoms with van der Waals surface area (Å²) >= 11 is 0. The summed E-state index contributed by atoms with van der Waals surface area (Å²) in [6, 6.07) is 0. The molecule has 0 aromatic rings. The van der Waals surface area contributed by atoms with Crippen LogP contribution >= 0.6 is 0 Å². The van der Waals surface area contributed by atoms with Crippen LogP contribution in [0.15, 0.2) is 47.6 Å². The molecule has 0 amide bonds. The molecule has 0 saturated carbocycles. The van der Waals surface area contributed by atoms with Crippen LogP contribution in [0, 0.1) is 0 Å². The average molecular weight is 190 g/mol. The van der Waals surface area contributed by atoms with E-state index in [4.69, 9.17) is 0 Å². The topological polar surface area (TPSA) is 0 Å². The van der Waals surface area contributed by atoms with E-state index >= 15 is 0 Å². The Morgan fingerprint density at radius 2 is 1.79 bits per heavy atom. The molecule has 0 radical (unpaired) electrons. The molecule has 0 atom stereocenters. The predicted octanol–water partition coefficient (Wildman–Crippen LogP) is 4.81. The summed E-state index contributed by atoms with van der Waals surface area (Å²) in [7, 11) is 0. The van der Waals surface area contributed by atoms with Crippen molar-refractivity contribution < 1.29 is 0 Å². The van der Waals surface area contributed by atoms with Crippen LogP contribution < -0.4 is 0 Å². The molecule has 0 aliphatic carbocycles. The zero-order chi connectivity index (χ0) is 11.0. The lowest BCUT2D eigenvalue weighted by atomic mass is 10.1. The van der Waals surface area contributed by atoms with Crippen molar-refractivity contribution in [1.82, 2.24) is 0 Å². The van der Waals surface area contributed by atoms with E-state index in [-0.39, 0.29) is 0 Å². The van der Waals surface area contributed by atoms with Crippen LogP contribution in [0.25, 0.3) is 0 Å². The number of allylic oxidation sites excluding steroid dienone is 7. The normalized spacial score (nSPS) is 13.7.